The average Bonchev–Trinajstić information content (AvgIpc) is 2.69. The van der Waals surface area contributed by atoms with Crippen LogP contribution in [0.15, 0.2) is 98.1 Å². The van der Waals surface area contributed by atoms with Gasteiger partial charge in [0.1, 0.15) is 11.5 Å². The van der Waals surface area contributed by atoms with Crippen LogP contribution in [-0.4, -0.2) is 14.7 Å². The monoisotopic (exact) mass is 398 g/mol. The highest BCUT2D eigenvalue weighted by Gasteiger charge is 2.04. The van der Waals surface area contributed by atoms with Gasteiger partial charge >= 0.3 is 7.82 Å². The van der Waals surface area contributed by atoms with Gasteiger partial charge < -0.3 is 19.4 Å². The molecule has 0 atom stereocenters. The Balaban J connectivity index is 0.000000292. The summed E-state index contributed by atoms with van der Waals surface area (Å²) in [4.78, 5) is 21.6. The quantitative estimate of drug-likeness (QED) is 0.504. The molecule has 0 spiro atoms. The second-order valence-electron chi connectivity index (χ2n) is 5.25. The smallest absolute Gasteiger partial charge is 0.456 e. The Morgan fingerprint density at radius 3 is 1.21 bits per heavy atom. The zero-order valence-electron chi connectivity index (χ0n) is 15.3. The lowest BCUT2D eigenvalue weighted by Crippen LogP contribution is -1.89. The first-order valence-corrected chi connectivity index (χ1v) is 9.80. The van der Waals surface area contributed by atoms with E-state index < -0.39 is 7.82 Å². The summed E-state index contributed by atoms with van der Waals surface area (Å²) in [5, 5.41) is 0. The first-order chi connectivity index (χ1) is 13.3. The van der Waals surface area contributed by atoms with E-state index in [9.17, 15) is 0 Å². The van der Waals surface area contributed by atoms with Crippen LogP contribution in [0.4, 0.5) is 0 Å². The molecule has 0 saturated heterocycles. The van der Waals surface area contributed by atoms with Crippen molar-refractivity contribution in [1.82, 2.24) is 0 Å². The maximum atomic E-state index is 8.88. The summed E-state index contributed by atoms with van der Waals surface area (Å²) in [5.74, 6) is 1.61. The van der Waals surface area contributed by atoms with Crippen molar-refractivity contribution < 1.29 is 24.0 Å². The van der Waals surface area contributed by atoms with Crippen LogP contribution in [0.3, 0.4) is 0 Å². The summed E-state index contributed by atoms with van der Waals surface area (Å²) in [5.41, 5.74) is 1.96. The molecule has 28 heavy (non-hydrogen) atoms. The molecule has 5 nitrogen and oxygen atoms in total. The van der Waals surface area contributed by atoms with Crippen LogP contribution in [0.25, 0.3) is 12.2 Å². The molecular weight excluding hydrogens is 375 g/mol. The Bertz CT molecular complexity index is 819. The van der Waals surface area contributed by atoms with Crippen LogP contribution in [0.1, 0.15) is 11.1 Å². The molecular formula is C22H23O5P. The molecule has 0 aromatic heterocycles. The van der Waals surface area contributed by atoms with Crippen LogP contribution in [0.2, 0.25) is 0 Å². The first-order valence-electron chi connectivity index (χ1n) is 8.24. The van der Waals surface area contributed by atoms with E-state index in [1.165, 1.54) is 0 Å². The van der Waals surface area contributed by atoms with E-state index >= 15 is 0 Å². The third-order valence-electron chi connectivity index (χ3n) is 3.16. The van der Waals surface area contributed by atoms with E-state index in [1.54, 1.807) is 12.2 Å². The van der Waals surface area contributed by atoms with E-state index in [4.69, 9.17) is 24.0 Å². The molecule has 3 N–H and O–H groups in total. The van der Waals surface area contributed by atoms with Gasteiger partial charge in [-0.05, 0) is 12.1 Å². The molecule has 0 unspecified atom stereocenters. The Kier molecular flexibility index (Phi) is 10.3. The average molecular weight is 398 g/mol. The van der Waals surface area contributed by atoms with Crippen molar-refractivity contribution in [1.29, 1.82) is 0 Å². The molecule has 6 heteroatoms. The number of hydrogen-bond donors (Lipinski definition) is 3. The predicted molar refractivity (Wildman–Crippen MR) is 114 cm³/mol. The highest BCUT2D eigenvalue weighted by molar-refractivity contribution is 7.45. The maximum absolute atomic E-state index is 8.88. The highest BCUT2D eigenvalue weighted by Crippen LogP contribution is 2.29. The molecule has 0 bridgehead atoms. The van der Waals surface area contributed by atoms with E-state index in [0.29, 0.717) is 0 Å². The summed E-state index contributed by atoms with van der Waals surface area (Å²) in [6, 6.07) is 27.6. The summed E-state index contributed by atoms with van der Waals surface area (Å²) >= 11 is 0. The minimum absolute atomic E-state index is 0.803. The molecule has 0 heterocycles. The Hall–Kier alpha value is -2.95. The van der Waals surface area contributed by atoms with E-state index in [0.717, 1.165) is 22.6 Å². The van der Waals surface area contributed by atoms with Crippen molar-refractivity contribution in [2.24, 2.45) is 0 Å². The summed E-state index contributed by atoms with van der Waals surface area (Å²) in [6.07, 6.45) is 3.57. The van der Waals surface area contributed by atoms with Crippen molar-refractivity contribution >= 4 is 20.0 Å². The fourth-order valence-corrected chi connectivity index (χ4v) is 1.99. The lowest BCUT2D eigenvalue weighted by Gasteiger charge is -2.10. The first kappa shape index (κ1) is 23.1. The fourth-order valence-electron chi connectivity index (χ4n) is 1.99. The molecule has 3 rings (SSSR count). The molecule has 0 fully saturated rings. The van der Waals surface area contributed by atoms with Gasteiger partial charge in [-0.2, -0.15) is 0 Å². The largest absolute Gasteiger partial charge is 0.466 e. The molecule has 0 amide bonds. The summed E-state index contributed by atoms with van der Waals surface area (Å²) in [7, 11) is -4.64. The Morgan fingerprint density at radius 2 is 0.929 bits per heavy atom. The number of ether oxygens (including phenoxy) is 1. The van der Waals surface area contributed by atoms with Gasteiger partial charge in [0.05, 0.1) is 0 Å². The van der Waals surface area contributed by atoms with Crippen LogP contribution >= 0.6 is 7.82 Å². The summed E-state index contributed by atoms with van der Waals surface area (Å²) < 4.78 is 14.8. The number of hydrogen-bond acceptors (Lipinski definition) is 2. The van der Waals surface area contributed by atoms with Crippen molar-refractivity contribution in [2.75, 3.05) is 0 Å². The molecule has 0 radical (unpaired) electrons. The third-order valence-corrected chi connectivity index (χ3v) is 3.16. The minimum atomic E-state index is -4.64. The third kappa shape index (κ3) is 10.3. The second-order valence-corrected chi connectivity index (χ2v) is 6.28. The fraction of sp³-hybridized carbons (Fsp3) is 0. The number of phosphoric acid groups is 1. The van der Waals surface area contributed by atoms with Crippen LogP contribution in [0.5, 0.6) is 11.5 Å². The topological polar surface area (TPSA) is 87.0 Å². The standard InChI is InChI=1S/C16H14O.C6H6.H3O4P/c1-3-13-9-5-7-11-15(13)17-16-12-8-6-10-14(16)4-2;1-2-4-6-5-3-1;1-5(2,3)4/h3-12H,1-2H2;1-6H;(H3,1,2,3,4). The van der Waals surface area contributed by atoms with E-state index in [2.05, 4.69) is 13.2 Å². The van der Waals surface area contributed by atoms with Gasteiger partial charge in [-0.1, -0.05) is 98.1 Å². The number of para-hydroxylation sites is 2. The van der Waals surface area contributed by atoms with Gasteiger partial charge in [0.15, 0.2) is 0 Å². The zero-order chi connectivity index (χ0) is 20.8. The molecule has 0 aliphatic rings. The van der Waals surface area contributed by atoms with E-state index in [-0.39, 0.29) is 0 Å². The van der Waals surface area contributed by atoms with Gasteiger partial charge in [0, 0.05) is 11.1 Å². The number of benzene rings is 3. The maximum Gasteiger partial charge on any atom is 0.466 e. The minimum Gasteiger partial charge on any atom is -0.456 e. The van der Waals surface area contributed by atoms with Crippen LogP contribution < -0.4 is 4.74 Å². The van der Waals surface area contributed by atoms with Gasteiger partial charge in [-0.15, -0.1) is 0 Å². The SMILES string of the molecule is C=Cc1ccccc1Oc1ccccc1C=C.O=P(O)(O)O.c1ccccc1. The molecule has 146 valence electrons. The van der Waals surface area contributed by atoms with Crippen LogP contribution in [-0.2, 0) is 4.57 Å². The molecule has 3 aromatic carbocycles. The molecule has 0 aliphatic carbocycles. The molecule has 0 saturated carbocycles. The summed E-state index contributed by atoms with van der Waals surface area (Å²) in [6.45, 7) is 7.55. The lowest BCUT2D eigenvalue weighted by molar-refractivity contribution is 0.275. The molecule has 0 aliphatic heterocycles. The highest BCUT2D eigenvalue weighted by atomic mass is 31.2. The van der Waals surface area contributed by atoms with Crippen molar-refractivity contribution in [3.8, 4) is 11.5 Å². The van der Waals surface area contributed by atoms with Gasteiger partial charge in [0.2, 0.25) is 0 Å². The van der Waals surface area contributed by atoms with Crippen molar-refractivity contribution in [3.63, 3.8) is 0 Å². The predicted octanol–water partition coefficient (Wildman–Crippen LogP) is 5.52. The van der Waals surface area contributed by atoms with Crippen molar-refractivity contribution in [3.05, 3.63) is 109 Å². The lowest BCUT2D eigenvalue weighted by atomic mass is 10.2. The number of rotatable bonds is 4. The van der Waals surface area contributed by atoms with Crippen molar-refractivity contribution in [2.45, 2.75) is 0 Å². The molecule has 3 aromatic rings. The Morgan fingerprint density at radius 1 is 0.643 bits per heavy atom. The zero-order valence-corrected chi connectivity index (χ0v) is 16.2. The van der Waals surface area contributed by atoms with Gasteiger partial charge in [-0.3, -0.25) is 0 Å². The van der Waals surface area contributed by atoms with E-state index in [1.807, 2.05) is 84.9 Å². The van der Waals surface area contributed by atoms with Gasteiger partial charge in [-0.25, -0.2) is 4.57 Å². The second kappa shape index (κ2) is 12.4. The normalized spacial score (nSPS) is 9.68. The van der Waals surface area contributed by atoms with Crippen LogP contribution in [0, 0.1) is 0 Å². The Labute approximate surface area is 165 Å². The van der Waals surface area contributed by atoms with Gasteiger partial charge in [0.25, 0.3) is 0 Å².